The number of Topliss-reactive ketones (excluding diaryl/α,β-unsaturated/α-hetero) is 1. The van der Waals surface area contributed by atoms with E-state index in [1.54, 1.807) is 11.3 Å². The number of nitrogens with zero attached hydrogens (tertiary/aromatic N) is 1. The summed E-state index contributed by atoms with van der Waals surface area (Å²) in [6.07, 6.45) is 2.76. The van der Waals surface area contributed by atoms with Gasteiger partial charge in [0.25, 0.3) is 5.13 Å². The van der Waals surface area contributed by atoms with Gasteiger partial charge < -0.3 is 0 Å². The lowest BCUT2D eigenvalue weighted by molar-refractivity contribution is -0.522. The summed E-state index contributed by atoms with van der Waals surface area (Å²) in [5, 5.41) is 7.67. The van der Waals surface area contributed by atoms with Crippen molar-refractivity contribution in [2.45, 2.75) is 33.2 Å². The molecule has 0 unspecified atom stereocenters. The molecule has 5 rings (SSSR count). The number of nitrogens with one attached hydrogen (secondary N) is 3. The van der Waals surface area contributed by atoms with Gasteiger partial charge in [-0.3, -0.25) is 9.79 Å². The van der Waals surface area contributed by atoms with Crippen LogP contribution in [0.3, 0.4) is 0 Å². The molecule has 30 heavy (non-hydrogen) atoms. The highest BCUT2D eigenvalue weighted by Crippen LogP contribution is 2.38. The van der Waals surface area contributed by atoms with E-state index in [1.165, 1.54) is 5.56 Å². The molecule has 152 valence electrons. The molecule has 0 radical (unpaired) electrons. The van der Waals surface area contributed by atoms with Gasteiger partial charge in [-0.05, 0) is 36.1 Å². The highest BCUT2D eigenvalue weighted by atomic mass is 32.1. The van der Waals surface area contributed by atoms with Crippen molar-refractivity contribution >= 4 is 38.4 Å². The Hall–Kier alpha value is -2.99. The Balaban J connectivity index is 1.55. The average Bonchev–Trinajstić information content (AvgIpc) is 3.09. The van der Waals surface area contributed by atoms with Gasteiger partial charge in [0.2, 0.25) is 0 Å². The number of guanidine groups is 1. The molecular formula is C24H25N4OS+. The molecule has 1 aliphatic heterocycles. The standard InChI is InChI=1S/C24H24N4OS/c1-14-8-10-15(11-9-14)21-20-17(12-24(2,3)13-18(20)29)25-22(27-21)28-23-26-16-6-4-5-7-19(16)30-23/h4-12,20-21H,13H2,1-3H3,(H2,25,26,27,28)/p+1/t20-,21-/m1/s1. The number of para-hydroxylation sites is 1. The van der Waals surface area contributed by atoms with Crippen LogP contribution < -0.4 is 15.6 Å². The van der Waals surface area contributed by atoms with E-state index < -0.39 is 0 Å². The van der Waals surface area contributed by atoms with Crippen LogP contribution in [0, 0.1) is 18.3 Å². The number of anilines is 1. The monoisotopic (exact) mass is 417 g/mol. The van der Waals surface area contributed by atoms with E-state index in [4.69, 9.17) is 0 Å². The number of hydrogen-bond donors (Lipinski definition) is 3. The van der Waals surface area contributed by atoms with Crippen molar-refractivity contribution in [2.24, 2.45) is 11.3 Å². The number of aryl methyl sites for hydroxylation is 1. The van der Waals surface area contributed by atoms with Crippen LogP contribution in [0.15, 0.2) is 60.3 Å². The number of aromatic nitrogens is 1. The average molecular weight is 418 g/mol. The van der Waals surface area contributed by atoms with Crippen molar-refractivity contribution < 1.29 is 9.79 Å². The van der Waals surface area contributed by atoms with Gasteiger partial charge in [-0.1, -0.05) is 67.1 Å². The van der Waals surface area contributed by atoms with Crippen LogP contribution in [0.2, 0.25) is 0 Å². The van der Waals surface area contributed by atoms with Crippen LogP contribution in [-0.2, 0) is 4.79 Å². The molecule has 0 saturated carbocycles. The van der Waals surface area contributed by atoms with Crippen molar-refractivity contribution in [2.75, 3.05) is 5.32 Å². The van der Waals surface area contributed by atoms with Gasteiger partial charge in [0.05, 0.1) is 15.9 Å². The van der Waals surface area contributed by atoms with Crippen molar-refractivity contribution in [3.63, 3.8) is 0 Å². The maximum Gasteiger partial charge on any atom is 0.355 e. The third-order valence-electron chi connectivity index (χ3n) is 5.72. The van der Waals surface area contributed by atoms with Crippen molar-refractivity contribution in [3.05, 3.63) is 71.4 Å². The number of carbonyl (C=O) groups excluding carboxylic acids is 1. The molecule has 0 spiro atoms. The Morgan fingerprint density at radius 3 is 2.70 bits per heavy atom. The smallest absolute Gasteiger partial charge is 0.299 e. The second kappa shape index (κ2) is 7.06. The number of fused-ring (bicyclic) bond motifs is 2. The van der Waals surface area contributed by atoms with Gasteiger partial charge in [-0.25, -0.2) is 15.6 Å². The normalized spacial score (nSPS) is 22.7. The Morgan fingerprint density at radius 2 is 1.93 bits per heavy atom. The van der Waals surface area contributed by atoms with Crippen LogP contribution in [0.5, 0.6) is 0 Å². The van der Waals surface area contributed by atoms with E-state index in [2.05, 4.69) is 77.8 Å². The van der Waals surface area contributed by atoms with Crippen LogP contribution in [-0.4, -0.2) is 16.7 Å². The van der Waals surface area contributed by atoms with Crippen LogP contribution >= 0.6 is 11.3 Å². The zero-order valence-corrected chi connectivity index (χ0v) is 18.1. The number of benzene rings is 2. The molecule has 2 heterocycles. The summed E-state index contributed by atoms with van der Waals surface area (Å²) in [5.41, 5.74) is 4.09. The van der Waals surface area contributed by atoms with Gasteiger partial charge in [0.15, 0.2) is 0 Å². The molecule has 1 aliphatic carbocycles. The highest BCUT2D eigenvalue weighted by Gasteiger charge is 2.45. The van der Waals surface area contributed by atoms with Gasteiger partial charge in [-0.15, -0.1) is 0 Å². The minimum absolute atomic E-state index is 0.126. The maximum absolute atomic E-state index is 13.1. The van der Waals surface area contributed by atoms with E-state index in [1.807, 2.05) is 18.2 Å². The lowest BCUT2D eigenvalue weighted by Gasteiger charge is -2.36. The molecule has 0 fully saturated rings. The molecular weight excluding hydrogens is 392 g/mol. The van der Waals surface area contributed by atoms with Gasteiger partial charge in [0, 0.05) is 6.42 Å². The second-order valence-electron chi connectivity index (χ2n) is 8.85. The number of ketones is 1. The molecule has 0 saturated heterocycles. The summed E-state index contributed by atoms with van der Waals surface area (Å²) in [5.74, 6) is 0.802. The quantitative estimate of drug-likeness (QED) is 0.599. The van der Waals surface area contributed by atoms with Crippen molar-refractivity contribution in [1.29, 1.82) is 0 Å². The minimum Gasteiger partial charge on any atom is -0.299 e. The minimum atomic E-state index is -0.221. The fourth-order valence-corrected chi connectivity index (χ4v) is 5.21. The predicted molar refractivity (Wildman–Crippen MR) is 121 cm³/mol. The number of carbonyl (C=O) groups is 1. The summed E-state index contributed by atoms with van der Waals surface area (Å²) >= 11 is 1.61. The lowest BCUT2D eigenvalue weighted by atomic mass is 9.72. The second-order valence-corrected chi connectivity index (χ2v) is 9.88. The fraction of sp³-hybridized carbons (Fsp3) is 0.292. The Morgan fingerprint density at radius 1 is 1.17 bits per heavy atom. The van der Waals surface area contributed by atoms with E-state index in [0.717, 1.165) is 32.6 Å². The molecule has 2 aliphatic rings. The number of allylic oxidation sites excluding steroid dienone is 1. The lowest BCUT2D eigenvalue weighted by Crippen LogP contribution is -2.84. The van der Waals surface area contributed by atoms with E-state index >= 15 is 0 Å². The first kappa shape index (κ1) is 19.0. The van der Waals surface area contributed by atoms with Crippen LogP contribution in [0.25, 0.3) is 10.2 Å². The third-order valence-corrected chi connectivity index (χ3v) is 6.67. The van der Waals surface area contributed by atoms with Gasteiger partial charge in [-0.2, -0.15) is 0 Å². The first-order valence-corrected chi connectivity index (χ1v) is 11.0. The zero-order valence-electron chi connectivity index (χ0n) is 17.3. The summed E-state index contributed by atoms with van der Waals surface area (Å²) < 4.78 is 1.14. The van der Waals surface area contributed by atoms with E-state index in [-0.39, 0.29) is 23.2 Å². The Kier molecular flexibility index (Phi) is 4.47. The number of thiazole rings is 1. The molecule has 2 atom stereocenters. The van der Waals surface area contributed by atoms with E-state index in [0.29, 0.717) is 6.42 Å². The molecule has 5 nitrogen and oxygen atoms in total. The molecule has 3 aromatic rings. The maximum atomic E-state index is 13.1. The molecule has 6 heteroatoms. The van der Waals surface area contributed by atoms with Crippen molar-refractivity contribution in [3.8, 4) is 0 Å². The summed E-state index contributed by atoms with van der Waals surface area (Å²) in [6.45, 7) is 6.30. The highest BCUT2D eigenvalue weighted by molar-refractivity contribution is 7.22. The van der Waals surface area contributed by atoms with E-state index in [9.17, 15) is 4.79 Å². The summed E-state index contributed by atoms with van der Waals surface area (Å²) in [6, 6.07) is 16.4. The molecule has 2 aromatic carbocycles. The zero-order chi connectivity index (χ0) is 20.9. The van der Waals surface area contributed by atoms with Crippen molar-refractivity contribution in [1.82, 2.24) is 10.3 Å². The summed E-state index contributed by atoms with van der Waals surface area (Å²) in [7, 11) is 0. The SMILES string of the molecule is Cc1ccc([C@H]2[NH+]=C(Nc3nc4ccccc4s3)NC3=CC(C)(C)CC(=O)[C@@H]32)cc1. The summed E-state index contributed by atoms with van der Waals surface area (Å²) in [4.78, 5) is 21.3. The first-order valence-electron chi connectivity index (χ1n) is 10.2. The fourth-order valence-electron chi connectivity index (χ4n) is 4.34. The molecule has 0 amide bonds. The number of rotatable bonds is 2. The Labute approximate surface area is 179 Å². The predicted octanol–water partition coefficient (Wildman–Crippen LogP) is 3.30. The molecule has 1 aromatic heterocycles. The topological polar surface area (TPSA) is 68.0 Å². The first-order chi connectivity index (χ1) is 14.4. The third kappa shape index (κ3) is 3.52. The van der Waals surface area contributed by atoms with Crippen LogP contribution in [0.1, 0.15) is 37.4 Å². The van der Waals surface area contributed by atoms with Crippen LogP contribution in [0.4, 0.5) is 5.13 Å². The molecule has 0 bridgehead atoms. The van der Waals surface area contributed by atoms with Gasteiger partial charge in [0.1, 0.15) is 17.7 Å². The number of hydrogen-bond acceptors (Lipinski definition) is 5. The molecule has 3 N–H and O–H groups in total. The van der Waals surface area contributed by atoms with Gasteiger partial charge >= 0.3 is 5.96 Å². The Bertz CT molecular complexity index is 1160. The largest absolute Gasteiger partial charge is 0.355 e.